The monoisotopic (exact) mass is 206 g/mol. The Hall–Kier alpha value is -0.460. The molecule has 1 aliphatic heterocycles. The highest BCUT2D eigenvalue weighted by Gasteiger charge is 2.30. The lowest BCUT2D eigenvalue weighted by Gasteiger charge is -2.28. The highest BCUT2D eigenvalue weighted by Crippen LogP contribution is 2.14. The van der Waals surface area contributed by atoms with E-state index >= 15 is 0 Å². The number of carbonyl (C=O) groups excluding carboxylic acids is 1. The second-order valence-corrected chi connectivity index (χ2v) is 5.06. The summed E-state index contributed by atoms with van der Waals surface area (Å²) in [4.78, 5) is 11.1. The number of ketones is 1. The molecule has 6 heteroatoms. The molecule has 5 nitrogen and oxygen atoms in total. The molecular weight excluding hydrogens is 192 g/mol. The Balaban J connectivity index is 2.71. The quantitative estimate of drug-likeness (QED) is 0.653. The summed E-state index contributed by atoms with van der Waals surface area (Å²) in [5, 5.41) is 0. The fourth-order valence-corrected chi connectivity index (χ4v) is 2.34. The van der Waals surface area contributed by atoms with Crippen molar-refractivity contribution in [2.24, 2.45) is 5.92 Å². The number of Topliss-reactive ketones (excluding diaryl/α,β-unsaturated/α-hetero) is 1. The molecule has 0 bridgehead atoms. The maximum Gasteiger partial charge on any atom is 0.279 e. The Morgan fingerprint density at radius 2 is 2.15 bits per heavy atom. The average molecular weight is 206 g/mol. The second-order valence-electron chi connectivity index (χ2n) is 3.18. The summed E-state index contributed by atoms with van der Waals surface area (Å²) < 4.78 is 26.2. The van der Waals surface area contributed by atoms with Crippen LogP contribution in [0, 0.1) is 5.92 Å². The van der Waals surface area contributed by atoms with Gasteiger partial charge in [-0.2, -0.15) is 12.7 Å². The molecular formula is C7H14N2O3S. The minimum Gasteiger partial charge on any atom is -0.299 e. The molecule has 1 rings (SSSR count). The molecule has 1 unspecified atom stereocenters. The van der Waals surface area contributed by atoms with Crippen molar-refractivity contribution >= 4 is 16.0 Å². The fourth-order valence-electron chi connectivity index (χ4n) is 1.33. The van der Waals surface area contributed by atoms with Crippen LogP contribution in [0.15, 0.2) is 0 Å². The van der Waals surface area contributed by atoms with Crippen LogP contribution >= 0.6 is 0 Å². The Kier molecular flexibility index (Phi) is 3.05. The number of hydrogen-bond donors (Lipinski definition) is 1. The van der Waals surface area contributed by atoms with Crippen LogP contribution in [0.1, 0.15) is 13.3 Å². The third-order valence-electron chi connectivity index (χ3n) is 2.23. The Morgan fingerprint density at radius 1 is 1.54 bits per heavy atom. The van der Waals surface area contributed by atoms with Gasteiger partial charge in [0.25, 0.3) is 10.2 Å². The van der Waals surface area contributed by atoms with Crippen molar-refractivity contribution in [1.29, 1.82) is 0 Å². The number of nitrogens with zero attached hydrogens (tertiary/aromatic N) is 1. The summed E-state index contributed by atoms with van der Waals surface area (Å²) in [6.45, 7) is 2.34. The maximum atomic E-state index is 11.3. The first kappa shape index (κ1) is 10.6. The lowest BCUT2D eigenvalue weighted by molar-refractivity contribution is -0.124. The smallest absolute Gasteiger partial charge is 0.279 e. The van der Waals surface area contributed by atoms with Crippen LogP contribution in [0.5, 0.6) is 0 Å². The molecule has 0 spiro atoms. The molecule has 1 fully saturated rings. The molecule has 1 atom stereocenters. The van der Waals surface area contributed by atoms with Crippen LogP contribution in [0.25, 0.3) is 0 Å². The van der Waals surface area contributed by atoms with Crippen molar-refractivity contribution < 1.29 is 13.2 Å². The average Bonchev–Trinajstić information content (AvgIpc) is 2.09. The summed E-state index contributed by atoms with van der Waals surface area (Å²) in [5.41, 5.74) is 0. The molecule has 1 heterocycles. The molecule has 0 aromatic rings. The molecule has 0 aliphatic carbocycles. The number of rotatable bonds is 2. The van der Waals surface area contributed by atoms with Gasteiger partial charge in [0.15, 0.2) is 0 Å². The predicted molar refractivity (Wildman–Crippen MR) is 48.3 cm³/mol. The van der Waals surface area contributed by atoms with Gasteiger partial charge < -0.3 is 0 Å². The second kappa shape index (κ2) is 3.73. The first-order valence-electron chi connectivity index (χ1n) is 4.18. The molecule has 0 amide bonds. The van der Waals surface area contributed by atoms with E-state index in [0.29, 0.717) is 19.5 Å². The summed E-state index contributed by atoms with van der Waals surface area (Å²) in [7, 11) is -1.98. The minimum atomic E-state index is -3.35. The van der Waals surface area contributed by atoms with Gasteiger partial charge in [0.1, 0.15) is 5.78 Å². The zero-order valence-corrected chi connectivity index (χ0v) is 8.60. The van der Waals surface area contributed by atoms with E-state index in [1.54, 1.807) is 6.92 Å². The van der Waals surface area contributed by atoms with E-state index in [2.05, 4.69) is 4.72 Å². The van der Waals surface area contributed by atoms with E-state index in [9.17, 15) is 13.2 Å². The number of carbonyl (C=O) groups is 1. The first-order chi connectivity index (χ1) is 5.97. The number of nitrogens with one attached hydrogen (secondary N) is 1. The van der Waals surface area contributed by atoms with Crippen LogP contribution in [0.4, 0.5) is 0 Å². The van der Waals surface area contributed by atoms with E-state index in [4.69, 9.17) is 0 Å². The van der Waals surface area contributed by atoms with E-state index in [0.717, 1.165) is 0 Å². The molecule has 0 saturated carbocycles. The van der Waals surface area contributed by atoms with Gasteiger partial charge in [-0.05, 0) is 0 Å². The van der Waals surface area contributed by atoms with Gasteiger partial charge in [0.2, 0.25) is 0 Å². The Labute approximate surface area is 78.3 Å². The fraction of sp³-hybridized carbons (Fsp3) is 0.857. The molecule has 1 N–H and O–H groups in total. The van der Waals surface area contributed by atoms with Gasteiger partial charge in [0, 0.05) is 32.5 Å². The molecule has 0 aromatic carbocycles. The Morgan fingerprint density at radius 3 is 2.62 bits per heavy atom. The molecule has 0 aromatic heterocycles. The summed E-state index contributed by atoms with van der Waals surface area (Å²) in [5.74, 6) is -0.0422. The largest absolute Gasteiger partial charge is 0.299 e. The Bertz CT molecular complexity index is 299. The summed E-state index contributed by atoms with van der Waals surface area (Å²) in [6.07, 6.45) is 0.322. The van der Waals surface area contributed by atoms with Crippen LogP contribution in [0.3, 0.4) is 0 Å². The van der Waals surface area contributed by atoms with Gasteiger partial charge in [-0.25, -0.2) is 4.72 Å². The van der Waals surface area contributed by atoms with Crippen LogP contribution < -0.4 is 4.72 Å². The molecule has 1 saturated heterocycles. The predicted octanol–water partition coefficient (Wildman–Crippen LogP) is -0.639. The van der Waals surface area contributed by atoms with Crippen LogP contribution in [0.2, 0.25) is 0 Å². The summed E-state index contributed by atoms with van der Waals surface area (Å²) in [6, 6.07) is 0. The van der Waals surface area contributed by atoms with Gasteiger partial charge in [-0.15, -0.1) is 0 Å². The molecule has 0 radical (unpaired) electrons. The van der Waals surface area contributed by atoms with Crippen molar-refractivity contribution in [3.63, 3.8) is 0 Å². The minimum absolute atomic E-state index is 0.141. The van der Waals surface area contributed by atoms with Crippen LogP contribution in [-0.2, 0) is 15.0 Å². The van der Waals surface area contributed by atoms with Crippen molar-refractivity contribution in [2.75, 3.05) is 20.1 Å². The van der Waals surface area contributed by atoms with E-state index in [-0.39, 0.29) is 11.7 Å². The lowest BCUT2D eigenvalue weighted by atomic mass is 10.0. The van der Waals surface area contributed by atoms with Crippen molar-refractivity contribution in [3.8, 4) is 0 Å². The molecule has 13 heavy (non-hydrogen) atoms. The normalized spacial score (nSPS) is 26.3. The zero-order valence-electron chi connectivity index (χ0n) is 7.78. The molecule has 76 valence electrons. The summed E-state index contributed by atoms with van der Waals surface area (Å²) >= 11 is 0. The van der Waals surface area contributed by atoms with Gasteiger partial charge in [0.05, 0.1) is 0 Å². The molecule has 1 aliphatic rings. The van der Waals surface area contributed by atoms with E-state index < -0.39 is 10.2 Å². The van der Waals surface area contributed by atoms with E-state index in [1.165, 1.54) is 11.4 Å². The lowest BCUT2D eigenvalue weighted by Crippen LogP contribution is -2.47. The highest BCUT2D eigenvalue weighted by atomic mass is 32.2. The number of hydrogen-bond acceptors (Lipinski definition) is 3. The third kappa shape index (κ3) is 2.26. The van der Waals surface area contributed by atoms with Gasteiger partial charge in [-0.1, -0.05) is 6.92 Å². The van der Waals surface area contributed by atoms with Crippen molar-refractivity contribution in [2.45, 2.75) is 13.3 Å². The number of piperidine rings is 1. The standard InChI is InChI=1S/C7H14N2O3S/c1-6-5-9(4-3-7(6)10)13(11,12)8-2/h6,8H,3-5H2,1-2H3. The third-order valence-corrected chi connectivity index (χ3v) is 3.76. The zero-order chi connectivity index (χ0) is 10.1. The highest BCUT2D eigenvalue weighted by molar-refractivity contribution is 7.87. The van der Waals surface area contributed by atoms with Crippen molar-refractivity contribution in [3.05, 3.63) is 0 Å². The SMILES string of the molecule is CNS(=O)(=O)N1CCC(=O)C(C)C1. The first-order valence-corrected chi connectivity index (χ1v) is 5.62. The van der Waals surface area contributed by atoms with Gasteiger partial charge >= 0.3 is 0 Å². The van der Waals surface area contributed by atoms with Crippen LogP contribution in [-0.4, -0.2) is 38.6 Å². The van der Waals surface area contributed by atoms with Gasteiger partial charge in [-0.3, -0.25) is 4.79 Å². The maximum absolute atomic E-state index is 11.3. The van der Waals surface area contributed by atoms with Crippen molar-refractivity contribution in [1.82, 2.24) is 9.03 Å². The topological polar surface area (TPSA) is 66.5 Å². The van der Waals surface area contributed by atoms with E-state index in [1.807, 2.05) is 0 Å².